The largest absolute Gasteiger partial charge is 0.469 e. The average Bonchev–Trinajstić information content (AvgIpc) is 3.11. The summed E-state index contributed by atoms with van der Waals surface area (Å²) in [5.41, 5.74) is 0. The van der Waals surface area contributed by atoms with Crippen molar-refractivity contribution in [1.82, 2.24) is 0 Å². The van der Waals surface area contributed by atoms with Gasteiger partial charge in [-0.25, -0.2) is 0 Å². The zero-order valence-electron chi connectivity index (χ0n) is 33.5. The molecule has 0 aromatic carbocycles. The predicted octanol–water partition coefficient (Wildman–Crippen LogP) is 14.6. The molecule has 0 aliphatic rings. The number of methoxy groups -OCH3 is 1. The second kappa shape index (κ2) is 43.0. The highest BCUT2D eigenvalue weighted by atomic mass is 16.5. The molecule has 0 bridgehead atoms. The highest BCUT2D eigenvalue weighted by molar-refractivity contribution is 5.68. The number of esters is 1. The summed E-state index contributed by atoms with van der Waals surface area (Å²) in [7, 11) is 1.47. The maximum Gasteiger partial charge on any atom is 0.305 e. The molecule has 290 valence electrons. The molecule has 49 heavy (non-hydrogen) atoms. The molecule has 0 rings (SSSR count). The molecule has 0 saturated carbocycles. The van der Waals surface area contributed by atoms with Crippen molar-refractivity contribution in [1.29, 1.82) is 0 Å². The number of allylic oxidation sites excluding steroid dienone is 4. The first-order valence-electron chi connectivity index (χ1n) is 21.8. The van der Waals surface area contributed by atoms with Crippen molar-refractivity contribution in [3.05, 3.63) is 24.3 Å². The lowest BCUT2D eigenvalue weighted by atomic mass is 10.1. The van der Waals surface area contributed by atoms with E-state index >= 15 is 0 Å². The van der Waals surface area contributed by atoms with Crippen LogP contribution in [0.4, 0.5) is 0 Å². The Balaban J connectivity index is 3.85. The van der Waals surface area contributed by atoms with Gasteiger partial charge in [-0.05, 0) is 77.0 Å². The standard InChI is InChI=1S/C45H86O4/c1-4-6-8-10-12-14-16-18-20-22-24-26-28-30-32-37-41-48-43-44(39-35-34-36-40-45(46)47-3)49-42-38-33-31-29-27-25-23-21-19-17-15-13-11-9-7-5-2/h18-21,44H,4-17,22-43H2,1-3H3/b20-18-,21-19-. The third kappa shape index (κ3) is 41.2. The summed E-state index contributed by atoms with van der Waals surface area (Å²) in [6.07, 6.45) is 51.6. The van der Waals surface area contributed by atoms with Gasteiger partial charge in [0.25, 0.3) is 0 Å². The number of hydrogen-bond acceptors (Lipinski definition) is 4. The molecule has 4 nitrogen and oxygen atoms in total. The van der Waals surface area contributed by atoms with Crippen LogP contribution >= 0.6 is 0 Å². The van der Waals surface area contributed by atoms with Gasteiger partial charge in [0, 0.05) is 19.6 Å². The van der Waals surface area contributed by atoms with E-state index in [4.69, 9.17) is 14.2 Å². The van der Waals surface area contributed by atoms with Crippen molar-refractivity contribution < 1.29 is 19.0 Å². The highest BCUT2D eigenvalue weighted by Gasteiger charge is 2.10. The number of carbonyl (C=O) groups excluding carboxylic acids is 1. The highest BCUT2D eigenvalue weighted by Crippen LogP contribution is 2.14. The first kappa shape index (κ1) is 47.9. The van der Waals surface area contributed by atoms with E-state index in [1.165, 1.54) is 174 Å². The molecule has 0 spiro atoms. The molecule has 0 saturated heterocycles. The van der Waals surface area contributed by atoms with Gasteiger partial charge >= 0.3 is 5.97 Å². The third-order valence-electron chi connectivity index (χ3n) is 9.75. The minimum Gasteiger partial charge on any atom is -0.469 e. The maximum atomic E-state index is 11.4. The smallest absolute Gasteiger partial charge is 0.305 e. The van der Waals surface area contributed by atoms with Crippen LogP contribution < -0.4 is 0 Å². The molecule has 1 atom stereocenters. The Morgan fingerprint density at radius 3 is 1.31 bits per heavy atom. The lowest BCUT2D eigenvalue weighted by Crippen LogP contribution is -2.21. The molecular weight excluding hydrogens is 604 g/mol. The second-order valence-electron chi connectivity index (χ2n) is 14.6. The zero-order valence-corrected chi connectivity index (χ0v) is 33.5. The van der Waals surface area contributed by atoms with Gasteiger partial charge in [0.05, 0.1) is 19.8 Å². The van der Waals surface area contributed by atoms with Crippen LogP contribution in [0.1, 0.15) is 226 Å². The molecule has 0 aliphatic heterocycles. The molecule has 0 fully saturated rings. The number of carbonyl (C=O) groups is 1. The Morgan fingerprint density at radius 1 is 0.469 bits per heavy atom. The number of ether oxygens (including phenoxy) is 3. The van der Waals surface area contributed by atoms with Crippen molar-refractivity contribution in [3.8, 4) is 0 Å². The Hall–Kier alpha value is -1.13. The summed E-state index contributed by atoms with van der Waals surface area (Å²) < 4.78 is 17.2. The van der Waals surface area contributed by atoms with Crippen LogP contribution in [-0.4, -0.2) is 39.0 Å². The van der Waals surface area contributed by atoms with Crippen LogP contribution in [0.25, 0.3) is 0 Å². The Bertz CT molecular complexity index is 688. The summed E-state index contributed by atoms with van der Waals surface area (Å²) in [5, 5.41) is 0. The molecule has 0 aromatic heterocycles. The SMILES string of the molecule is CCCCCCCC/C=C\CCCCCCCCOCC(CCCCCC(=O)OC)OCCCCCCCC/C=C\CCCCCCCC. The first-order chi connectivity index (χ1) is 24.2. The normalized spacial score (nSPS) is 12.5. The van der Waals surface area contributed by atoms with E-state index in [1.54, 1.807) is 0 Å². The molecule has 0 amide bonds. The van der Waals surface area contributed by atoms with Crippen LogP contribution in [0, 0.1) is 0 Å². The zero-order chi connectivity index (χ0) is 35.6. The minimum atomic E-state index is -0.105. The van der Waals surface area contributed by atoms with E-state index in [0.717, 1.165) is 51.7 Å². The summed E-state index contributed by atoms with van der Waals surface area (Å²) >= 11 is 0. The fourth-order valence-electron chi connectivity index (χ4n) is 6.40. The van der Waals surface area contributed by atoms with Gasteiger partial charge in [-0.2, -0.15) is 0 Å². The molecule has 0 radical (unpaired) electrons. The lowest BCUT2D eigenvalue weighted by Gasteiger charge is -2.18. The second-order valence-corrected chi connectivity index (χ2v) is 14.6. The molecule has 1 unspecified atom stereocenters. The molecule has 0 N–H and O–H groups in total. The van der Waals surface area contributed by atoms with Crippen molar-refractivity contribution >= 4 is 5.97 Å². The first-order valence-corrected chi connectivity index (χ1v) is 21.8. The van der Waals surface area contributed by atoms with Crippen LogP contribution in [-0.2, 0) is 19.0 Å². The topological polar surface area (TPSA) is 44.8 Å². The maximum absolute atomic E-state index is 11.4. The van der Waals surface area contributed by atoms with Gasteiger partial charge in [0.1, 0.15) is 0 Å². The average molecular weight is 691 g/mol. The number of hydrogen-bond donors (Lipinski definition) is 0. The van der Waals surface area contributed by atoms with Gasteiger partial charge in [0.2, 0.25) is 0 Å². The van der Waals surface area contributed by atoms with Crippen LogP contribution in [0.15, 0.2) is 24.3 Å². The van der Waals surface area contributed by atoms with Crippen LogP contribution in [0.3, 0.4) is 0 Å². The summed E-state index contributed by atoms with van der Waals surface area (Å²) in [5.74, 6) is -0.105. The van der Waals surface area contributed by atoms with Crippen molar-refractivity contribution in [2.45, 2.75) is 232 Å². The van der Waals surface area contributed by atoms with Gasteiger partial charge in [-0.3, -0.25) is 4.79 Å². The van der Waals surface area contributed by atoms with E-state index in [2.05, 4.69) is 38.2 Å². The van der Waals surface area contributed by atoms with E-state index in [-0.39, 0.29) is 12.1 Å². The fourth-order valence-corrected chi connectivity index (χ4v) is 6.40. The Morgan fingerprint density at radius 2 is 0.857 bits per heavy atom. The molecule has 0 aliphatic carbocycles. The van der Waals surface area contributed by atoms with Crippen molar-refractivity contribution in [2.24, 2.45) is 0 Å². The Kier molecular flexibility index (Phi) is 42.0. The lowest BCUT2D eigenvalue weighted by molar-refractivity contribution is -0.140. The summed E-state index contributed by atoms with van der Waals surface area (Å²) in [6, 6.07) is 0. The van der Waals surface area contributed by atoms with Crippen molar-refractivity contribution in [3.63, 3.8) is 0 Å². The summed E-state index contributed by atoms with van der Waals surface area (Å²) in [4.78, 5) is 11.4. The summed E-state index contributed by atoms with van der Waals surface area (Å²) in [6.45, 7) is 6.96. The molecule has 0 aromatic rings. The minimum absolute atomic E-state index is 0.105. The van der Waals surface area contributed by atoms with Gasteiger partial charge in [0.15, 0.2) is 0 Å². The fraction of sp³-hybridized carbons (Fsp3) is 0.889. The quantitative estimate of drug-likeness (QED) is 0.0364. The van der Waals surface area contributed by atoms with E-state index in [0.29, 0.717) is 13.0 Å². The van der Waals surface area contributed by atoms with Crippen LogP contribution in [0.2, 0.25) is 0 Å². The van der Waals surface area contributed by atoms with Gasteiger partial charge in [-0.1, -0.05) is 167 Å². The Labute approximate surface area is 307 Å². The van der Waals surface area contributed by atoms with E-state index in [1.807, 2.05) is 0 Å². The third-order valence-corrected chi connectivity index (χ3v) is 9.75. The van der Waals surface area contributed by atoms with Crippen LogP contribution in [0.5, 0.6) is 0 Å². The van der Waals surface area contributed by atoms with Gasteiger partial charge < -0.3 is 14.2 Å². The van der Waals surface area contributed by atoms with E-state index < -0.39 is 0 Å². The number of unbranched alkanes of at least 4 members (excludes halogenated alkanes) is 26. The van der Waals surface area contributed by atoms with Gasteiger partial charge in [-0.15, -0.1) is 0 Å². The predicted molar refractivity (Wildman–Crippen MR) is 215 cm³/mol. The number of rotatable bonds is 41. The van der Waals surface area contributed by atoms with E-state index in [9.17, 15) is 4.79 Å². The molecule has 0 heterocycles. The molecule has 4 heteroatoms. The van der Waals surface area contributed by atoms with Crippen molar-refractivity contribution in [2.75, 3.05) is 26.9 Å². The monoisotopic (exact) mass is 691 g/mol. The molecular formula is C45H86O4.